The minimum absolute atomic E-state index is 0.0278. The van der Waals surface area contributed by atoms with Gasteiger partial charge in [-0.1, -0.05) is 27.7 Å². The van der Waals surface area contributed by atoms with Crippen molar-refractivity contribution in [2.24, 2.45) is 0 Å². The van der Waals surface area contributed by atoms with Crippen molar-refractivity contribution in [2.45, 2.75) is 71.1 Å². The van der Waals surface area contributed by atoms with Gasteiger partial charge in [0.2, 0.25) is 5.82 Å². The Morgan fingerprint density at radius 2 is 1.90 bits per heavy atom. The third-order valence-electron chi connectivity index (χ3n) is 11.6. The van der Waals surface area contributed by atoms with E-state index in [1.807, 2.05) is 20.8 Å². The Hall–Kier alpha value is -6.88. The number of esters is 1. The minimum Gasteiger partial charge on any atom is -0.508 e. The van der Waals surface area contributed by atoms with Crippen LogP contribution >= 0.6 is 0 Å². The van der Waals surface area contributed by atoms with Gasteiger partial charge >= 0.3 is 12.1 Å². The number of fused-ring (bicyclic) bond motifs is 4. The van der Waals surface area contributed by atoms with Gasteiger partial charge in [0.15, 0.2) is 11.4 Å². The lowest BCUT2D eigenvalue weighted by Crippen LogP contribution is -2.51. The number of aromatic nitrogens is 5. The molecule has 3 aliphatic heterocycles. The van der Waals surface area contributed by atoms with Gasteiger partial charge in [0.25, 0.3) is 11.8 Å². The lowest BCUT2D eigenvalue weighted by atomic mass is 9.79. The molecule has 3 aromatic heterocycles. The summed E-state index contributed by atoms with van der Waals surface area (Å²) in [6, 6.07) is 10.9. The zero-order valence-electron chi connectivity index (χ0n) is 33.7. The maximum absolute atomic E-state index is 13.7. The van der Waals surface area contributed by atoms with E-state index in [2.05, 4.69) is 20.5 Å². The number of ether oxygens (including phenoxy) is 2. The second kappa shape index (κ2) is 15.4. The largest absolute Gasteiger partial charge is 0.508 e. The summed E-state index contributed by atoms with van der Waals surface area (Å²) in [7, 11) is 1.54. The molecule has 0 spiro atoms. The second-order valence-corrected chi connectivity index (χ2v) is 15.4. The molecule has 5 aromatic rings. The van der Waals surface area contributed by atoms with Crippen LogP contribution in [-0.4, -0.2) is 106 Å². The molecule has 0 fully saturated rings. The monoisotopic (exact) mass is 816 g/mol. The van der Waals surface area contributed by atoms with Crippen LogP contribution in [0, 0.1) is 0 Å². The van der Waals surface area contributed by atoms with Crippen LogP contribution in [0.2, 0.25) is 0 Å². The van der Waals surface area contributed by atoms with E-state index in [0.29, 0.717) is 40.9 Å². The fraction of sp³-hybridized carbons (Fsp3) is 0.349. The highest BCUT2D eigenvalue weighted by Gasteiger charge is 2.52. The standard InChI is InChI=1S/C43H44N8O9/c1-6-25-27-15-24(10-11-32(27)46-36-29(25)20-50-33(36)17-31-30(40(50)55)21-59-41(56)43(31,58)7-2)60-42(57)49(5)14-13-45-39(54)38-48-47-37(51(38)23-9-8-12-44-19-23)28-16-26(22(3)4)34(52)18-35(28)53/h8-12,15-16,18-19,22,33,52-53,58H,6-7,13-14,17,20-21H2,1-5H3,(H,45,54). The van der Waals surface area contributed by atoms with Crippen LogP contribution in [0.4, 0.5) is 4.79 Å². The fourth-order valence-corrected chi connectivity index (χ4v) is 8.32. The molecule has 3 amide bonds. The average Bonchev–Trinajstić information content (AvgIpc) is 3.84. The van der Waals surface area contributed by atoms with Crippen LogP contribution in [0.3, 0.4) is 0 Å². The molecule has 3 aliphatic rings. The molecule has 0 radical (unpaired) electrons. The zero-order valence-corrected chi connectivity index (χ0v) is 33.7. The molecular weight excluding hydrogens is 773 g/mol. The number of rotatable bonds is 10. The number of nitrogens with one attached hydrogen (secondary N) is 1. The highest BCUT2D eigenvalue weighted by Crippen LogP contribution is 2.49. The summed E-state index contributed by atoms with van der Waals surface area (Å²) in [6.07, 6.45) is 3.39. The van der Waals surface area contributed by atoms with Gasteiger partial charge in [0, 0.05) is 44.3 Å². The van der Waals surface area contributed by atoms with Gasteiger partial charge in [0.05, 0.1) is 40.3 Å². The Labute approximate surface area is 344 Å². The number of benzene rings is 2. The first-order chi connectivity index (χ1) is 28.7. The van der Waals surface area contributed by atoms with Crippen molar-refractivity contribution in [1.29, 1.82) is 0 Å². The highest BCUT2D eigenvalue weighted by atomic mass is 16.6. The van der Waals surface area contributed by atoms with E-state index in [-0.39, 0.29) is 78.8 Å². The Kier molecular flexibility index (Phi) is 10.2. The first-order valence-corrected chi connectivity index (χ1v) is 19.8. The molecule has 2 atom stereocenters. The molecule has 6 heterocycles. The van der Waals surface area contributed by atoms with Crippen LogP contribution in [0.15, 0.2) is 66.0 Å². The summed E-state index contributed by atoms with van der Waals surface area (Å²) in [4.78, 5) is 65.4. The van der Waals surface area contributed by atoms with Gasteiger partial charge in [-0.05, 0) is 83.8 Å². The molecule has 0 bridgehead atoms. The number of phenols is 2. The number of cyclic esters (lactones) is 1. The van der Waals surface area contributed by atoms with E-state index in [1.54, 1.807) is 54.4 Å². The van der Waals surface area contributed by atoms with E-state index in [9.17, 15) is 34.5 Å². The molecule has 4 N–H and O–H groups in total. The van der Waals surface area contributed by atoms with Crippen LogP contribution in [0.1, 0.15) is 85.5 Å². The topological polar surface area (TPSA) is 222 Å². The van der Waals surface area contributed by atoms with Crippen LogP contribution in [0.25, 0.3) is 28.0 Å². The summed E-state index contributed by atoms with van der Waals surface area (Å²) >= 11 is 0. The lowest BCUT2D eigenvalue weighted by molar-refractivity contribution is -0.165. The van der Waals surface area contributed by atoms with Crippen molar-refractivity contribution in [1.82, 2.24) is 39.8 Å². The molecule has 310 valence electrons. The number of aromatic hydroxyl groups is 2. The number of nitrogens with zero attached hydrogens (tertiary/aromatic N) is 7. The maximum Gasteiger partial charge on any atom is 0.415 e. The van der Waals surface area contributed by atoms with Crippen molar-refractivity contribution < 1.29 is 44.0 Å². The predicted octanol–water partition coefficient (Wildman–Crippen LogP) is 4.62. The number of hydrogen-bond acceptors (Lipinski definition) is 13. The Morgan fingerprint density at radius 3 is 2.62 bits per heavy atom. The fourth-order valence-electron chi connectivity index (χ4n) is 8.32. The number of likely N-dealkylation sites (N-methyl/N-ethyl adjacent to an activating group) is 1. The molecule has 17 nitrogen and oxygen atoms in total. The summed E-state index contributed by atoms with van der Waals surface area (Å²) in [5, 5.41) is 44.4. The molecular formula is C43H44N8O9. The molecule has 60 heavy (non-hydrogen) atoms. The normalized spacial score (nSPS) is 18.3. The first kappa shape index (κ1) is 39.9. The molecule has 2 aromatic carbocycles. The van der Waals surface area contributed by atoms with E-state index in [4.69, 9.17) is 14.5 Å². The second-order valence-electron chi connectivity index (χ2n) is 15.4. The lowest BCUT2D eigenvalue weighted by Gasteiger charge is -2.41. The number of aliphatic hydroxyl groups is 1. The summed E-state index contributed by atoms with van der Waals surface area (Å²) in [6.45, 7) is 7.71. The van der Waals surface area contributed by atoms with Gasteiger partial charge in [0.1, 0.15) is 23.9 Å². The molecule has 0 saturated heterocycles. The van der Waals surface area contributed by atoms with Crippen molar-refractivity contribution in [2.75, 3.05) is 26.7 Å². The number of aryl methyl sites for hydroxylation is 1. The van der Waals surface area contributed by atoms with Crippen LogP contribution in [0.5, 0.6) is 17.2 Å². The molecule has 17 heteroatoms. The number of hydrogen-bond donors (Lipinski definition) is 4. The Morgan fingerprint density at radius 1 is 1.10 bits per heavy atom. The number of carbonyl (C=O) groups excluding carboxylic acids is 4. The molecule has 0 aliphatic carbocycles. The maximum atomic E-state index is 13.7. The van der Waals surface area contributed by atoms with Crippen molar-refractivity contribution >= 4 is 34.8 Å². The summed E-state index contributed by atoms with van der Waals surface area (Å²) < 4.78 is 12.5. The van der Waals surface area contributed by atoms with Crippen molar-refractivity contribution in [3.8, 4) is 34.3 Å². The van der Waals surface area contributed by atoms with Crippen molar-refractivity contribution in [3.63, 3.8) is 0 Å². The number of pyridine rings is 2. The van der Waals surface area contributed by atoms with Gasteiger partial charge in [-0.2, -0.15) is 0 Å². The Balaban J connectivity index is 0.966. The predicted molar refractivity (Wildman–Crippen MR) is 215 cm³/mol. The number of amides is 3. The van der Waals surface area contributed by atoms with Gasteiger partial charge in [-0.15, -0.1) is 10.2 Å². The van der Waals surface area contributed by atoms with Crippen LogP contribution < -0.4 is 10.1 Å². The Bertz CT molecular complexity index is 2620. The minimum atomic E-state index is -1.86. The number of phenolic OH excluding ortho intramolecular Hbond substituents is 2. The summed E-state index contributed by atoms with van der Waals surface area (Å²) in [5.41, 5.74) is 3.36. The van der Waals surface area contributed by atoms with E-state index < -0.39 is 29.6 Å². The third kappa shape index (κ3) is 6.63. The van der Waals surface area contributed by atoms with Gasteiger partial charge in [-0.3, -0.25) is 24.1 Å². The molecule has 0 saturated carbocycles. The molecule has 2 unspecified atom stereocenters. The van der Waals surface area contributed by atoms with Gasteiger partial charge in [-0.25, -0.2) is 9.59 Å². The molecule has 8 rings (SSSR count). The van der Waals surface area contributed by atoms with Crippen molar-refractivity contribution in [3.05, 3.63) is 94.2 Å². The average molecular weight is 817 g/mol. The zero-order chi connectivity index (χ0) is 42.6. The quantitative estimate of drug-likeness (QED) is 0.142. The van der Waals surface area contributed by atoms with E-state index >= 15 is 0 Å². The first-order valence-electron chi connectivity index (χ1n) is 19.8. The number of carbonyl (C=O) groups is 4. The smallest absolute Gasteiger partial charge is 0.415 e. The van der Waals surface area contributed by atoms with Crippen LogP contribution in [-0.2, 0) is 27.3 Å². The summed E-state index contributed by atoms with van der Waals surface area (Å²) in [5.74, 6) is -1.66. The van der Waals surface area contributed by atoms with Gasteiger partial charge < -0.3 is 39.9 Å². The highest BCUT2D eigenvalue weighted by molar-refractivity contribution is 6.01. The SMILES string of the molecule is CCc1c2c(nc3ccc(OC(=O)N(C)CCNC(=O)c4nnc(-c5cc(C(C)C)c(O)cc5O)n4-c4cccnc4)cc13)C1CC3=C(COC(=O)C3(O)CC)C(=O)N1C2. The van der Waals surface area contributed by atoms with E-state index in [1.165, 1.54) is 28.8 Å². The van der Waals surface area contributed by atoms with E-state index in [0.717, 1.165) is 22.2 Å². The third-order valence-corrected chi connectivity index (χ3v) is 11.6.